The van der Waals surface area contributed by atoms with E-state index in [0.29, 0.717) is 5.92 Å². The van der Waals surface area contributed by atoms with Crippen molar-refractivity contribution in [2.24, 2.45) is 0 Å². The molecule has 0 fully saturated rings. The van der Waals surface area contributed by atoms with Gasteiger partial charge in [-0.15, -0.1) is 24.0 Å². The Hall–Kier alpha value is -0.610. The second-order valence-electron chi connectivity index (χ2n) is 4.54. The van der Waals surface area contributed by atoms with Gasteiger partial charge in [0.05, 0.1) is 0 Å². The third kappa shape index (κ3) is 4.25. The molecule has 0 saturated carbocycles. The molecule has 2 heteroatoms. The number of benzene rings is 1. The minimum atomic E-state index is 0. The number of nitrogens with one attached hydrogen (secondary N) is 1. The molecule has 1 aliphatic carbocycles. The largest absolute Gasteiger partial charge is 0.320 e. The Morgan fingerprint density at radius 3 is 2.56 bits per heavy atom. The molecule has 0 heterocycles. The first-order chi connectivity index (χ1) is 8.42. The van der Waals surface area contributed by atoms with E-state index in [1.165, 1.54) is 24.0 Å². The molecule has 2 rings (SSSR count). The van der Waals surface area contributed by atoms with E-state index >= 15 is 0 Å². The van der Waals surface area contributed by atoms with Gasteiger partial charge in [0.25, 0.3) is 0 Å². The molecule has 1 N–H and O–H groups in total. The maximum Gasteiger partial charge on any atom is 0.00981 e. The van der Waals surface area contributed by atoms with Crippen molar-refractivity contribution in [2.45, 2.75) is 25.2 Å². The highest BCUT2D eigenvalue weighted by molar-refractivity contribution is 14.0. The van der Waals surface area contributed by atoms with E-state index in [-0.39, 0.29) is 24.0 Å². The second-order valence-corrected chi connectivity index (χ2v) is 4.54. The second kappa shape index (κ2) is 8.48. The van der Waals surface area contributed by atoms with Crippen molar-refractivity contribution in [3.8, 4) is 0 Å². The van der Waals surface area contributed by atoms with Crippen molar-refractivity contribution in [2.75, 3.05) is 13.6 Å². The van der Waals surface area contributed by atoms with Gasteiger partial charge in [0.15, 0.2) is 0 Å². The highest BCUT2D eigenvalue weighted by Gasteiger charge is 2.15. The SMILES string of the molecule is CNCCC(C1=CCCC=C1)c1ccccc1.I. The molecule has 0 amide bonds. The highest BCUT2D eigenvalue weighted by atomic mass is 127. The number of allylic oxidation sites excluding steroid dienone is 4. The summed E-state index contributed by atoms with van der Waals surface area (Å²) >= 11 is 0. The maximum absolute atomic E-state index is 3.26. The summed E-state index contributed by atoms with van der Waals surface area (Å²) in [5.74, 6) is 0.542. The molecule has 0 bridgehead atoms. The number of hydrogen-bond acceptors (Lipinski definition) is 1. The van der Waals surface area contributed by atoms with Crippen LogP contribution in [0.1, 0.15) is 30.7 Å². The van der Waals surface area contributed by atoms with Crippen molar-refractivity contribution in [1.29, 1.82) is 0 Å². The van der Waals surface area contributed by atoms with Crippen molar-refractivity contribution >= 4 is 24.0 Å². The molecule has 0 spiro atoms. The molecule has 1 unspecified atom stereocenters. The zero-order chi connectivity index (χ0) is 11.9. The quantitative estimate of drug-likeness (QED) is 0.778. The van der Waals surface area contributed by atoms with Crippen molar-refractivity contribution in [3.05, 3.63) is 59.7 Å². The van der Waals surface area contributed by atoms with Crippen molar-refractivity contribution in [3.63, 3.8) is 0 Å². The van der Waals surface area contributed by atoms with Crippen molar-refractivity contribution in [1.82, 2.24) is 5.32 Å². The van der Waals surface area contributed by atoms with Crippen LogP contribution in [0.5, 0.6) is 0 Å². The molecule has 0 aliphatic heterocycles. The molecule has 1 aromatic carbocycles. The van der Waals surface area contributed by atoms with Gasteiger partial charge in [-0.25, -0.2) is 0 Å². The molecule has 0 saturated heterocycles. The Morgan fingerprint density at radius 2 is 1.94 bits per heavy atom. The van der Waals surface area contributed by atoms with Crippen LogP contribution in [0.3, 0.4) is 0 Å². The van der Waals surface area contributed by atoms with Crippen LogP contribution in [0.25, 0.3) is 0 Å². The van der Waals surface area contributed by atoms with Gasteiger partial charge in [-0.1, -0.05) is 48.6 Å². The van der Waals surface area contributed by atoms with Crippen LogP contribution in [0, 0.1) is 0 Å². The first kappa shape index (κ1) is 15.4. The summed E-state index contributed by atoms with van der Waals surface area (Å²) in [7, 11) is 2.02. The Labute approximate surface area is 127 Å². The van der Waals surface area contributed by atoms with E-state index < -0.39 is 0 Å². The Morgan fingerprint density at radius 1 is 1.17 bits per heavy atom. The number of rotatable bonds is 5. The third-order valence-electron chi connectivity index (χ3n) is 3.31. The van der Waals surface area contributed by atoms with Gasteiger partial charge in [-0.05, 0) is 44.0 Å². The van der Waals surface area contributed by atoms with Crippen LogP contribution in [0.15, 0.2) is 54.1 Å². The van der Waals surface area contributed by atoms with E-state index in [1.807, 2.05) is 7.05 Å². The lowest BCUT2D eigenvalue weighted by atomic mass is 9.85. The van der Waals surface area contributed by atoms with E-state index in [2.05, 4.69) is 53.9 Å². The molecule has 0 aromatic heterocycles. The average Bonchev–Trinajstić information content (AvgIpc) is 2.42. The minimum Gasteiger partial charge on any atom is -0.320 e. The van der Waals surface area contributed by atoms with Crippen molar-refractivity contribution < 1.29 is 0 Å². The standard InChI is InChI=1S/C16H21N.HI/c1-17-13-12-16(14-8-4-2-5-9-14)15-10-6-3-7-11-15;/h2,4-6,8-11,16-17H,3,7,12-13H2,1H3;1H. The van der Waals surface area contributed by atoms with Gasteiger partial charge in [-0.2, -0.15) is 0 Å². The van der Waals surface area contributed by atoms with Crippen LogP contribution in [0.2, 0.25) is 0 Å². The fourth-order valence-electron chi connectivity index (χ4n) is 2.39. The summed E-state index contributed by atoms with van der Waals surface area (Å²) in [5, 5.41) is 3.26. The monoisotopic (exact) mass is 355 g/mol. The molecule has 1 aliphatic rings. The zero-order valence-corrected chi connectivity index (χ0v) is 13.3. The predicted octanol–water partition coefficient (Wildman–Crippen LogP) is 4.27. The lowest BCUT2D eigenvalue weighted by Crippen LogP contribution is -2.13. The number of halogens is 1. The third-order valence-corrected chi connectivity index (χ3v) is 3.31. The van der Waals surface area contributed by atoms with E-state index in [1.54, 1.807) is 0 Å². The van der Waals surface area contributed by atoms with Crippen LogP contribution in [-0.2, 0) is 0 Å². The first-order valence-electron chi connectivity index (χ1n) is 6.48. The van der Waals surface area contributed by atoms with Crippen LogP contribution in [0.4, 0.5) is 0 Å². The smallest absolute Gasteiger partial charge is 0.00981 e. The summed E-state index contributed by atoms with van der Waals surface area (Å²) in [6, 6.07) is 10.8. The van der Waals surface area contributed by atoms with E-state index in [9.17, 15) is 0 Å². The minimum absolute atomic E-state index is 0. The summed E-state index contributed by atoms with van der Waals surface area (Å²) < 4.78 is 0. The summed E-state index contributed by atoms with van der Waals surface area (Å²) in [5.41, 5.74) is 2.92. The fraction of sp³-hybridized carbons (Fsp3) is 0.375. The summed E-state index contributed by atoms with van der Waals surface area (Å²) in [4.78, 5) is 0. The zero-order valence-electron chi connectivity index (χ0n) is 10.9. The van der Waals surface area contributed by atoms with Gasteiger partial charge in [-0.3, -0.25) is 0 Å². The number of hydrogen-bond donors (Lipinski definition) is 1. The predicted molar refractivity (Wildman–Crippen MR) is 89.6 cm³/mol. The molecular weight excluding hydrogens is 333 g/mol. The molecule has 18 heavy (non-hydrogen) atoms. The van der Waals surface area contributed by atoms with Crippen LogP contribution in [-0.4, -0.2) is 13.6 Å². The Balaban J connectivity index is 0.00000162. The lowest BCUT2D eigenvalue weighted by Gasteiger charge is -2.20. The van der Waals surface area contributed by atoms with Crippen LogP contribution < -0.4 is 5.32 Å². The molecule has 1 atom stereocenters. The fourth-order valence-corrected chi connectivity index (χ4v) is 2.39. The van der Waals surface area contributed by atoms with Gasteiger partial charge in [0, 0.05) is 5.92 Å². The van der Waals surface area contributed by atoms with Gasteiger partial charge < -0.3 is 5.32 Å². The molecule has 0 radical (unpaired) electrons. The summed E-state index contributed by atoms with van der Waals surface area (Å²) in [6.45, 7) is 1.06. The summed E-state index contributed by atoms with van der Waals surface area (Å²) in [6.07, 6.45) is 10.5. The highest BCUT2D eigenvalue weighted by Crippen LogP contribution is 2.30. The van der Waals surface area contributed by atoms with Crippen LogP contribution >= 0.6 is 24.0 Å². The first-order valence-corrected chi connectivity index (χ1v) is 6.48. The van der Waals surface area contributed by atoms with Gasteiger partial charge in [0.2, 0.25) is 0 Å². The Bertz CT molecular complexity index is 395. The van der Waals surface area contributed by atoms with Gasteiger partial charge >= 0.3 is 0 Å². The molecular formula is C16H22IN. The average molecular weight is 355 g/mol. The molecule has 98 valence electrons. The van der Waals surface area contributed by atoms with E-state index in [0.717, 1.165) is 13.0 Å². The Kier molecular flexibility index (Phi) is 7.28. The normalized spacial score (nSPS) is 15.7. The van der Waals surface area contributed by atoms with E-state index in [4.69, 9.17) is 0 Å². The molecule has 1 aromatic rings. The molecule has 1 nitrogen and oxygen atoms in total. The lowest BCUT2D eigenvalue weighted by molar-refractivity contribution is 0.657. The topological polar surface area (TPSA) is 12.0 Å². The maximum atomic E-state index is 3.26. The van der Waals surface area contributed by atoms with Gasteiger partial charge in [0.1, 0.15) is 0 Å².